The van der Waals surface area contributed by atoms with E-state index in [0.717, 1.165) is 25.9 Å². The Morgan fingerprint density at radius 1 is 1.33 bits per heavy atom. The number of nitrogens with zero attached hydrogens (tertiary/aromatic N) is 1. The van der Waals surface area contributed by atoms with Gasteiger partial charge in [0.15, 0.2) is 0 Å². The SMILES string of the molecule is COCCNCC1CCCN(S(=O)(=O)CCC(C)(C)C)C1. The van der Waals surface area contributed by atoms with Gasteiger partial charge in [-0.1, -0.05) is 20.8 Å². The molecule has 0 aromatic heterocycles. The van der Waals surface area contributed by atoms with Crippen LogP contribution >= 0.6 is 0 Å². The van der Waals surface area contributed by atoms with E-state index in [1.165, 1.54) is 0 Å². The van der Waals surface area contributed by atoms with Gasteiger partial charge in [-0.25, -0.2) is 12.7 Å². The Labute approximate surface area is 130 Å². The molecule has 0 aliphatic carbocycles. The molecule has 0 bridgehead atoms. The Balaban J connectivity index is 2.43. The predicted octanol–water partition coefficient (Wildman–Crippen LogP) is 1.70. The zero-order chi connectivity index (χ0) is 15.9. The van der Waals surface area contributed by atoms with Gasteiger partial charge in [-0.3, -0.25) is 0 Å². The van der Waals surface area contributed by atoms with Crippen LogP contribution in [0.3, 0.4) is 0 Å². The molecule has 1 atom stereocenters. The first kappa shape index (κ1) is 18.9. The topological polar surface area (TPSA) is 58.6 Å². The Bertz CT molecular complexity index is 390. The molecule has 126 valence electrons. The van der Waals surface area contributed by atoms with Crippen LogP contribution in [0.5, 0.6) is 0 Å². The summed E-state index contributed by atoms with van der Waals surface area (Å²) in [6.45, 7) is 9.98. The number of rotatable bonds is 8. The first-order valence-electron chi connectivity index (χ1n) is 7.92. The maximum atomic E-state index is 12.4. The lowest BCUT2D eigenvalue weighted by atomic mass is 9.94. The summed E-state index contributed by atoms with van der Waals surface area (Å²) in [5.41, 5.74) is 0.0595. The molecule has 1 aliphatic rings. The van der Waals surface area contributed by atoms with Crippen LogP contribution in [0, 0.1) is 11.3 Å². The number of methoxy groups -OCH3 is 1. The van der Waals surface area contributed by atoms with Gasteiger partial charge >= 0.3 is 0 Å². The monoisotopic (exact) mass is 320 g/mol. The second kappa shape index (κ2) is 8.46. The van der Waals surface area contributed by atoms with Crippen molar-refractivity contribution in [2.45, 2.75) is 40.0 Å². The maximum Gasteiger partial charge on any atom is 0.214 e. The molecule has 1 N–H and O–H groups in total. The second-order valence-electron chi connectivity index (χ2n) is 7.19. The van der Waals surface area contributed by atoms with E-state index < -0.39 is 10.0 Å². The average Bonchev–Trinajstić information content (AvgIpc) is 2.41. The van der Waals surface area contributed by atoms with Crippen LogP contribution in [0.25, 0.3) is 0 Å². The van der Waals surface area contributed by atoms with Gasteiger partial charge in [0.05, 0.1) is 12.4 Å². The molecule has 1 saturated heterocycles. The Morgan fingerprint density at radius 3 is 2.67 bits per heavy atom. The minimum absolute atomic E-state index is 0.0595. The zero-order valence-corrected chi connectivity index (χ0v) is 14.8. The lowest BCUT2D eigenvalue weighted by molar-refractivity contribution is 0.193. The number of nitrogens with one attached hydrogen (secondary N) is 1. The quantitative estimate of drug-likeness (QED) is 0.692. The number of ether oxygens (including phenoxy) is 1. The molecule has 21 heavy (non-hydrogen) atoms. The van der Waals surface area contributed by atoms with Crippen LogP contribution in [0.4, 0.5) is 0 Å². The third-order valence-corrected chi connectivity index (χ3v) is 5.74. The summed E-state index contributed by atoms with van der Waals surface area (Å²) in [6, 6.07) is 0. The van der Waals surface area contributed by atoms with Gasteiger partial charge in [0.2, 0.25) is 10.0 Å². The molecule has 5 nitrogen and oxygen atoms in total. The molecule has 6 heteroatoms. The van der Waals surface area contributed by atoms with Gasteiger partial charge in [-0.05, 0) is 37.1 Å². The smallest absolute Gasteiger partial charge is 0.214 e. The molecule has 1 heterocycles. The lowest BCUT2D eigenvalue weighted by Crippen LogP contribution is -2.44. The molecule has 1 aliphatic heterocycles. The lowest BCUT2D eigenvalue weighted by Gasteiger charge is -2.32. The Morgan fingerprint density at radius 2 is 2.05 bits per heavy atom. The van der Waals surface area contributed by atoms with Crippen molar-refractivity contribution >= 4 is 10.0 Å². The highest BCUT2D eigenvalue weighted by atomic mass is 32.2. The first-order valence-corrected chi connectivity index (χ1v) is 9.53. The van der Waals surface area contributed by atoms with Crippen molar-refractivity contribution in [3.05, 3.63) is 0 Å². The van der Waals surface area contributed by atoms with E-state index in [1.54, 1.807) is 11.4 Å². The first-order chi connectivity index (χ1) is 9.74. The van der Waals surface area contributed by atoms with Gasteiger partial charge < -0.3 is 10.1 Å². The van der Waals surface area contributed by atoms with Crippen LogP contribution in [0.1, 0.15) is 40.0 Å². The molecule has 0 aromatic carbocycles. The van der Waals surface area contributed by atoms with Crippen molar-refractivity contribution in [1.82, 2.24) is 9.62 Å². The third kappa shape index (κ3) is 7.58. The highest BCUT2D eigenvalue weighted by molar-refractivity contribution is 7.89. The summed E-state index contributed by atoms with van der Waals surface area (Å²) in [4.78, 5) is 0. The maximum absolute atomic E-state index is 12.4. The van der Waals surface area contributed by atoms with Gasteiger partial charge in [0.25, 0.3) is 0 Å². The van der Waals surface area contributed by atoms with Crippen LogP contribution in [-0.2, 0) is 14.8 Å². The molecule has 0 saturated carbocycles. The summed E-state index contributed by atoms with van der Waals surface area (Å²) in [5, 5.41) is 3.34. The fraction of sp³-hybridized carbons (Fsp3) is 1.00. The summed E-state index contributed by atoms with van der Waals surface area (Å²) in [7, 11) is -1.42. The van der Waals surface area contributed by atoms with E-state index in [2.05, 4.69) is 26.1 Å². The molecule has 1 unspecified atom stereocenters. The molecule has 0 spiro atoms. The van der Waals surface area contributed by atoms with Gasteiger partial charge in [0.1, 0.15) is 0 Å². The summed E-state index contributed by atoms with van der Waals surface area (Å²) >= 11 is 0. The van der Waals surface area contributed by atoms with Gasteiger partial charge in [-0.15, -0.1) is 0 Å². The van der Waals surface area contributed by atoms with Gasteiger partial charge in [-0.2, -0.15) is 0 Å². The van der Waals surface area contributed by atoms with E-state index in [4.69, 9.17) is 4.74 Å². The molecular formula is C15H32N2O3S. The highest BCUT2D eigenvalue weighted by Gasteiger charge is 2.29. The van der Waals surface area contributed by atoms with Crippen LogP contribution in [0.2, 0.25) is 0 Å². The fourth-order valence-corrected chi connectivity index (χ4v) is 4.46. The van der Waals surface area contributed by atoms with E-state index in [1.807, 2.05) is 0 Å². The minimum Gasteiger partial charge on any atom is -0.383 e. The molecule has 0 radical (unpaired) electrons. The van der Waals surface area contributed by atoms with Crippen LogP contribution in [0.15, 0.2) is 0 Å². The van der Waals surface area contributed by atoms with Crippen molar-refractivity contribution in [2.75, 3.05) is 45.6 Å². The second-order valence-corrected chi connectivity index (χ2v) is 9.28. The van der Waals surface area contributed by atoms with Crippen molar-refractivity contribution in [3.63, 3.8) is 0 Å². The zero-order valence-electron chi connectivity index (χ0n) is 14.0. The number of sulfonamides is 1. The molecule has 1 fully saturated rings. The standard InChI is InChI=1S/C15H32N2O3S/c1-15(2,3)7-11-21(18,19)17-9-5-6-14(13-17)12-16-8-10-20-4/h14,16H,5-13H2,1-4H3. The van der Waals surface area contributed by atoms with Crippen molar-refractivity contribution in [3.8, 4) is 0 Å². The molecular weight excluding hydrogens is 288 g/mol. The highest BCUT2D eigenvalue weighted by Crippen LogP contribution is 2.23. The van der Waals surface area contributed by atoms with Crippen LogP contribution < -0.4 is 5.32 Å². The predicted molar refractivity (Wildman–Crippen MR) is 86.9 cm³/mol. The van der Waals surface area contributed by atoms with Crippen molar-refractivity contribution < 1.29 is 13.2 Å². The van der Waals surface area contributed by atoms with E-state index in [-0.39, 0.29) is 11.2 Å². The molecule has 0 amide bonds. The summed E-state index contributed by atoms with van der Waals surface area (Å²) in [5.74, 6) is 0.681. The van der Waals surface area contributed by atoms with Crippen LogP contribution in [-0.4, -0.2) is 58.4 Å². The van der Waals surface area contributed by atoms with Crippen molar-refractivity contribution in [1.29, 1.82) is 0 Å². The van der Waals surface area contributed by atoms with E-state index in [9.17, 15) is 8.42 Å². The molecule has 1 rings (SSSR count). The Kier molecular flexibility index (Phi) is 7.60. The summed E-state index contributed by atoms with van der Waals surface area (Å²) in [6.07, 6.45) is 2.78. The largest absolute Gasteiger partial charge is 0.383 e. The normalized spacial score (nSPS) is 21.6. The number of hydrogen-bond donors (Lipinski definition) is 1. The van der Waals surface area contributed by atoms with E-state index in [0.29, 0.717) is 32.0 Å². The third-order valence-electron chi connectivity index (χ3n) is 3.90. The Hall–Kier alpha value is -0.170. The number of piperidine rings is 1. The fourth-order valence-electron chi connectivity index (χ4n) is 2.49. The number of hydrogen-bond acceptors (Lipinski definition) is 4. The molecule has 0 aromatic rings. The van der Waals surface area contributed by atoms with E-state index >= 15 is 0 Å². The summed E-state index contributed by atoms with van der Waals surface area (Å²) < 4.78 is 31.6. The average molecular weight is 320 g/mol. The minimum atomic E-state index is -3.10. The van der Waals surface area contributed by atoms with Crippen molar-refractivity contribution in [2.24, 2.45) is 11.3 Å². The van der Waals surface area contributed by atoms with Gasteiger partial charge in [0, 0.05) is 26.7 Å².